The molecular weight excluding hydrogens is 234 g/mol. The quantitative estimate of drug-likeness (QED) is 0.826. The van der Waals surface area contributed by atoms with Crippen molar-refractivity contribution >= 4 is 5.69 Å². The van der Waals surface area contributed by atoms with Gasteiger partial charge in [0.1, 0.15) is 0 Å². The maximum atomic E-state index is 6.06. The molecule has 1 aromatic carbocycles. The minimum Gasteiger partial charge on any atom is -0.398 e. The van der Waals surface area contributed by atoms with E-state index in [1.165, 1.54) is 44.5 Å². The zero-order valence-corrected chi connectivity index (χ0v) is 11.9. The van der Waals surface area contributed by atoms with Gasteiger partial charge in [-0.3, -0.25) is 4.90 Å². The number of nitrogens with zero attached hydrogens (tertiary/aromatic N) is 2. The Labute approximate surface area is 116 Å². The molecule has 0 aliphatic carbocycles. The molecule has 2 aliphatic heterocycles. The molecule has 2 N–H and O–H groups in total. The van der Waals surface area contributed by atoms with E-state index in [0.29, 0.717) is 0 Å². The van der Waals surface area contributed by atoms with Crippen LogP contribution >= 0.6 is 0 Å². The highest BCUT2D eigenvalue weighted by molar-refractivity contribution is 5.46. The van der Waals surface area contributed by atoms with Gasteiger partial charge < -0.3 is 10.6 Å². The molecule has 0 amide bonds. The highest BCUT2D eigenvalue weighted by Gasteiger charge is 2.34. The van der Waals surface area contributed by atoms with E-state index in [0.717, 1.165) is 24.2 Å². The lowest BCUT2D eigenvalue weighted by Crippen LogP contribution is -2.52. The number of piperidine rings is 2. The van der Waals surface area contributed by atoms with Gasteiger partial charge in [0.15, 0.2) is 0 Å². The lowest BCUT2D eigenvalue weighted by atomic mass is 9.84. The van der Waals surface area contributed by atoms with Crippen molar-refractivity contribution < 1.29 is 0 Å². The van der Waals surface area contributed by atoms with E-state index < -0.39 is 0 Å². The molecule has 2 saturated heterocycles. The first-order chi connectivity index (χ1) is 9.24. The van der Waals surface area contributed by atoms with Gasteiger partial charge in [-0.15, -0.1) is 0 Å². The van der Waals surface area contributed by atoms with Crippen LogP contribution in [0.2, 0.25) is 0 Å². The summed E-state index contributed by atoms with van der Waals surface area (Å²) < 4.78 is 0. The Balaban J connectivity index is 1.64. The van der Waals surface area contributed by atoms with Crippen LogP contribution in [0, 0.1) is 5.92 Å². The SMILES string of the molecule is CN1CCCC2CN(Cc3ccccc3N)CCC21. The predicted molar refractivity (Wildman–Crippen MR) is 79.9 cm³/mol. The topological polar surface area (TPSA) is 32.5 Å². The van der Waals surface area contributed by atoms with E-state index in [4.69, 9.17) is 5.73 Å². The fraction of sp³-hybridized carbons (Fsp3) is 0.625. The third kappa shape index (κ3) is 2.77. The van der Waals surface area contributed by atoms with Crippen molar-refractivity contribution in [3.05, 3.63) is 29.8 Å². The first kappa shape index (κ1) is 12.9. The molecule has 2 heterocycles. The average Bonchev–Trinajstić information content (AvgIpc) is 2.42. The van der Waals surface area contributed by atoms with E-state index in [1.807, 2.05) is 12.1 Å². The molecule has 2 atom stereocenters. The van der Waals surface area contributed by atoms with Crippen LogP contribution in [-0.4, -0.2) is 42.5 Å². The summed E-state index contributed by atoms with van der Waals surface area (Å²) in [5.74, 6) is 0.859. The van der Waals surface area contributed by atoms with Gasteiger partial charge in [0, 0.05) is 24.8 Å². The number of likely N-dealkylation sites (tertiary alicyclic amines) is 2. The molecule has 0 spiro atoms. The Kier molecular flexibility index (Phi) is 3.76. The zero-order chi connectivity index (χ0) is 13.2. The van der Waals surface area contributed by atoms with Crippen molar-refractivity contribution in [1.29, 1.82) is 0 Å². The largest absolute Gasteiger partial charge is 0.398 e. The van der Waals surface area contributed by atoms with Gasteiger partial charge in [0.25, 0.3) is 0 Å². The molecule has 2 fully saturated rings. The van der Waals surface area contributed by atoms with Gasteiger partial charge in [0.05, 0.1) is 0 Å². The van der Waals surface area contributed by atoms with Gasteiger partial charge in [-0.2, -0.15) is 0 Å². The van der Waals surface area contributed by atoms with E-state index >= 15 is 0 Å². The van der Waals surface area contributed by atoms with Gasteiger partial charge in [-0.05, 0) is 56.9 Å². The Morgan fingerprint density at radius 3 is 2.89 bits per heavy atom. The third-order valence-corrected chi connectivity index (χ3v) is 4.88. The van der Waals surface area contributed by atoms with E-state index in [1.54, 1.807) is 0 Å². The number of fused-ring (bicyclic) bond motifs is 1. The van der Waals surface area contributed by atoms with Crippen molar-refractivity contribution in [1.82, 2.24) is 9.80 Å². The average molecular weight is 259 g/mol. The zero-order valence-electron chi connectivity index (χ0n) is 11.9. The molecule has 0 bridgehead atoms. The predicted octanol–water partition coefficient (Wildman–Crippen LogP) is 2.18. The highest BCUT2D eigenvalue weighted by atomic mass is 15.2. The molecule has 3 nitrogen and oxygen atoms in total. The van der Waals surface area contributed by atoms with Crippen LogP contribution in [0.25, 0.3) is 0 Å². The van der Waals surface area contributed by atoms with Gasteiger partial charge in [-0.1, -0.05) is 18.2 Å². The highest BCUT2D eigenvalue weighted by Crippen LogP contribution is 2.30. The van der Waals surface area contributed by atoms with Crippen LogP contribution < -0.4 is 5.73 Å². The van der Waals surface area contributed by atoms with Crippen molar-refractivity contribution in [2.75, 3.05) is 32.4 Å². The smallest absolute Gasteiger partial charge is 0.0359 e. The van der Waals surface area contributed by atoms with Crippen molar-refractivity contribution in [3.63, 3.8) is 0 Å². The molecule has 19 heavy (non-hydrogen) atoms. The second kappa shape index (κ2) is 5.51. The summed E-state index contributed by atoms with van der Waals surface area (Å²) >= 11 is 0. The Bertz CT molecular complexity index is 432. The molecule has 1 aromatic rings. The molecule has 3 heteroatoms. The number of para-hydroxylation sites is 1. The van der Waals surface area contributed by atoms with Crippen molar-refractivity contribution in [2.45, 2.75) is 31.8 Å². The number of hydrogen-bond acceptors (Lipinski definition) is 3. The fourth-order valence-electron chi connectivity index (χ4n) is 3.79. The van der Waals surface area contributed by atoms with Gasteiger partial charge in [0.2, 0.25) is 0 Å². The van der Waals surface area contributed by atoms with Crippen molar-refractivity contribution in [3.8, 4) is 0 Å². The third-order valence-electron chi connectivity index (χ3n) is 4.88. The molecular formula is C16H25N3. The summed E-state index contributed by atoms with van der Waals surface area (Å²) in [4.78, 5) is 5.16. The van der Waals surface area contributed by atoms with E-state index in [2.05, 4.69) is 29.0 Å². The van der Waals surface area contributed by atoms with E-state index in [-0.39, 0.29) is 0 Å². The standard InChI is InChI=1S/C16H25N3/c1-18-9-4-6-14-12-19(10-8-16(14)18)11-13-5-2-3-7-15(13)17/h2-3,5,7,14,16H,4,6,8-12,17H2,1H3. The molecule has 2 aliphatic rings. The number of nitrogen functional groups attached to an aromatic ring is 1. The molecule has 104 valence electrons. The van der Waals surface area contributed by atoms with E-state index in [9.17, 15) is 0 Å². The van der Waals surface area contributed by atoms with Crippen molar-refractivity contribution in [2.24, 2.45) is 5.92 Å². The molecule has 0 saturated carbocycles. The Hall–Kier alpha value is -1.06. The summed E-state index contributed by atoms with van der Waals surface area (Å²) in [5, 5.41) is 0. The first-order valence-corrected chi connectivity index (χ1v) is 7.50. The minimum atomic E-state index is 0.818. The fourth-order valence-corrected chi connectivity index (χ4v) is 3.79. The molecule has 0 aromatic heterocycles. The molecule has 0 radical (unpaired) electrons. The number of anilines is 1. The molecule has 3 rings (SSSR count). The number of benzene rings is 1. The summed E-state index contributed by atoms with van der Waals surface area (Å²) in [6, 6.07) is 9.09. The summed E-state index contributed by atoms with van der Waals surface area (Å²) in [7, 11) is 2.29. The van der Waals surface area contributed by atoms with Crippen LogP contribution in [0.15, 0.2) is 24.3 Å². The van der Waals surface area contributed by atoms with Gasteiger partial charge in [-0.25, -0.2) is 0 Å². The maximum Gasteiger partial charge on any atom is 0.0359 e. The molecule has 2 unspecified atom stereocenters. The second-order valence-electron chi connectivity index (χ2n) is 6.17. The Morgan fingerprint density at radius 2 is 2.05 bits per heavy atom. The number of rotatable bonds is 2. The number of nitrogens with two attached hydrogens (primary N) is 1. The minimum absolute atomic E-state index is 0.818. The summed E-state index contributed by atoms with van der Waals surface area (Å²) in [5.41, 5.74) is 8.27. The lowest BCUT2D eigenvalue weighted by molar-refractivity contribution is 0.0355. The van der Waals surface area contributed by atoms with Crippen LogP contribution in [0.3, 0.4) is 0 Å². The summed E-state index contributed by atoms with van der Waals surface area (Å²) in [6.07, 6.45) is 4.07. The second-order valence-corrected chi connectivity index (χ2v) is 6.17. The normalized spacial score (nSPS) is 29.1. The maximum absolute atomic E-state index is 6.06. The van der Waals surface area contributed by atoms with Gasteiger partial charge >= 0.3 is 0 Å². The monoisotopic (exact) mass is 259 g/mol. The lowest BCUT2D eigenvalue weighted by Gasteiger charge is -2.46. The van der Waals surface area contributed by atoms with Crippen LogP contribution in [0.5, 0.6) is 0 Å². The van der Waals surface area contributed by atoms with Crippen LogP contribution in [0.4, 0.5) is 5.69 Å². The van der Waals surface area contributed by atoms with Crippen LogP contribution in [0.1, 0.15) is 24.8 Å². The number of hydrogen-bond donors (Lipinski definition) is 1. The summed E-state index contributed by atoms with van der Waals surface area (Å²) in [6.45, 7) is 4.75. The first-order valence-electron chi connectivity index (χ1n) is 7.50. The Morgan fingerprint density at radius 1 is 1.21 bits per heavy atom. The van der Waals surface area contributed by atoms with Crippen LogP contribution in [-0.2, 0) is 6.54 Å².